The Hall–Kier alpha value is -2.48. The minimum Gasteiger partial charge on any atom is -0.497 e. The highest BCUT2D eigenvalue weighted by atomic mass is 35.5. The van der Waals surface area contributed by atoms with E-state index in [1.165, 1.54) is 6.92 Å². The lowest BCUT2D eigenvalue weighted by molar-refractivity contribution is -0.123. The topological polar surface area (TPSA) is 96.9 Å². The largest absolute Gasteiger partial charge is 0.497 e. The molecule has 162 valence electrons. The van der Waals surface area contributed by atoms with Gasteiger partial charge in [-0.15, -0.1) is 0 Å². The molecule has 30 heavy (non-hydrogen) atoms. The van der Waals surface area contributed by atoms with Gasteiger partial charge in [-0.3, -0.25) is 9.59 Å². The number of hydrogen-bond donors (Lipinski definition) is 3. The normalized spacial score (nSPS) is 12.6. The highest BCUT2D eigenvalue weighted by molar-refractivity contribution is 6.42. The van der Waals surface area contributed by atoms with Crippen molar-refractivity contribution in [2.45, 2.75) is 25.5 Å². The lowest BCUT2D eigenvalue weighted by Crippen LogP contribution is -2.38. The molecule has 7 nitrogen and oxygen atoms in total. The molecule has 0 saturated heterocycles. The summed E-state index contributed by atoms with van der Waals surface area (Å²) in [4.78, 5) is 23.9. The number of hydrogen-bond acceptors (Lipinski definition) is 5. The smallest absolute Gasteiger partial charge is 0.222 e. The summed E-state index contributed by atoms with van der Waals surface area (Å²) in [6.45, 7) is 1.29. The summed E-state index contributed by atoms with van der Waals surface area (Å²) in [7, 11) is 1.56. The third kappa shape index (κ3) is 7.40. The number of carbonyl (C=O) groups excluding carboxylic acids is 2. The number of benzene rings is 2. The molecule has 0 aliphatic rings. The van der Waals surface area contributed by atoms with Gasteiger partial charge < -0.3 is 25.2 Å². The van der Waals surface area contributed by atoms with Gasteiger partial charge in [0.15, 0.2) is 0 Å². The SMILES string of the molecule is COc1ccc(C(CC(=O)NCC(O)COc2cccc(Cl)c2Cl)NC(C)=O)cc1. The highest BCUT2D eigenvalue weighted by Crippen LogP contribution is 2.31. The fraction of sp³-hybridized carbons (Fsp3) is 0.333. The third-order valence-corrected chi connectivity index (χ3v) is 4.97. The fourth-order valence-corrected chi connectivity index (χ4v) is 3.01. The zero-order valence-electron chi connectivity index (χ0n) is 16.7. The third-order valence-electron chi connectivity index (χ3n) is 4.17. The summed E-state index contributed by atoms with van der Waals surface area (Å²) < 4.78 is 10.6. The van der Waals surface area contributed by atoms with E-state index in [-0.39, 0.29) is 36.4 Å². The molecule has 2 rings (SSSR count). The van der Waals surface area contributed by atoms with Gasteiger partial charge in [-0.25, -0.2) is 0 Å². The lowest BCUT2D eigenvalue weighted by atomic mass is 10.0. The number of amides is 2. The van der Waals surface area contributed by atoms with Crippen molar-refractivity contribution in [3.8, 4) is 11.5 Å². The molecule has 2 amide bonds. The molecule has 0 aromatic heterocycles. The summed E-state index contributed by atoms with van der Waals surface area (Å²) in [5.74, 6) is 0.437. The molecule has 0 aliphatic carbocycles. The summed E-state index contributed by atoms with van der Waals surface area (Å²) in [6.07, 6.45) is -0.941. The van der Waals surface area contributed by atoms with Crippen molar-refractivity contribution in [2.75, 3.05) is 20.3 Å². The van der Waals surface area contributed by atoms with Crippen LogP contribution in [0, 0.1) is 0 Å². The minimum atomic E-state index is -0.954. The first-order valence-electron chi connectivity index (χ1n) is 9.22. The van der Waals surface area contributed by atoms with Crippen LogP contribution in [0.1, 0.15) is 24.9 Å². The fourth-order valence-electron chi connectivity index (χ4n) is 2.66. The van der Waals surface area contributed by atoms with E-state index in [2.05, 4.69) is 10.6 Å². The van der Waals surface area contributed by atoms with Gasteiger partial charge in [-0.05, 0) is 29.8 Å². The molecule has 0 fully saturated rings. The molecule has 0 heterocycles. The van der Waals surface area contributed by atoms with Crippen LogP contribution in [-0.4, -0.2) is 43.3 Å². The van der Waals surface area contributed by atoms with Crippen molar-refractivity contribution in [1.29, 1.82) is 0 Å². The molecule has 0 saturated carbocycles. The summed E-state index contributed by atoms with van der Waals surface area (Å²) >= 11 is 11.9. The van der Waals surface area contributed by atoms with E-state index >= 15 is 0 Å². The van der Waals surface area contributed by atoms with Gasteiger partial charge in [0.05, 0.1) is 24.6 Å². The molecule has 9 heteroatoms. The van der Waals surface area contributed by atoms with Crippen LogP contribution in [0.5, 0.6) is 11.5 Å². The Morgan fingerprint density at radius 3 is 2.47 bits per heavy atom. The highest BCUT2D eigenvalue weighted by Gasteiger charge is 2.18. The van der Waals surface area contributed by atoms with Gasteiger partial charge in [-0.2, -0.15) is 0 Å². The Morgan fingerprint density at radius 1 is 1.13 bits per heavy atom. The maximum absolute atomic E-state index is 12.3. The molecular formula is C21H24Cl2N2O5. The maximum Gasteiger partial charge on any atom is 0.222 e. The number of ether oxygens (including phenoxy) is 2. The van der Waals surface area contributed by atoms with Gasteiger partial charge in [0, 0.05) is 13.5 Å². The quantitative estimate of drug-likeness (QED) is 0.512. The Bertz CT molecular complexity index is 861. The van der Waals surface area contributed by atoms with E-state index in [0.717, 1.165) is 5.56 Å². The number of carbonyl (C=O) groups is 2. The first-order valence-corrected chi connectivity index (χ1v) is 9.98. The van der Waals surface area contributed by atoms with Gasteiger partial charge in [0.1, 0.15) is 29.2 Å². The van der Waals surface area contributed by atoms with Crippen molar-refractivity contribution < 1.29 is 24.2 Å². The van der Waals surface area contributed by atoms with Crippen LogP contribution in [0.15, 0.2) is 42.5 Å². The zero-order valence-corrected chi connectivity index (χ0v) is 18.2. The van der Waals surface area contributed by atoms with E-state index in [1.807, 2.05) is 0 Å². The van der Waals surface area contributed by atoms with Crippen LogP contribution in [0.3, 0.4) is 0 Å². The van der Waals surface area contributed by atoms with Crippen molar-refractivity contribution in [3.05, 3.63) is 58.1 Å². The molecule has 2 unspecified atom stereocenters. The number of methoxy groups -OCH3 is 1. The number of rotatable bonds is 10. The first kappa shape index (κ1) is 23.8. The molecule has 0 bridgehead atoms. The average Bonchev–Trinajstić information content (AvgIpc) is 2.72. The Balaban J connectivity index is 1.86. The molecule has 2 aromatic carbocycles. The molecule has 3 N–H and O–H groups in total. The van der Waals surface area contributed by atoms with Crippen molar-refractivity contribution >= 4 is 35.0 Å². The molecule has 2 aromatic rings. The molecule has 0 aliphatic heterocycles. The second-order valence-electron chi connectivity index (χ2n) is 6.55. The van der Waals surface area contributed by atoms with E-state index in [4.69, 9.17) is 32.7 Å². The van der Waals surface area contributed by atoms with Crippen LogP contribution in [0.2, 0.25) is 10.0 Å². The van der Waals surface area contributed by atoms with Crippen LogP contribution in [0.25, 0.3) is 0 Å². The van der Waals surface area contributed by atoms with Gasteiger partial charge >= 0.3 is 0 Å². The second-order valence-corrected chi connectivity index (χ2v) is 7.34. The number of nitrogens with one attached hydrogen (secondary N) is 2. The monoisotopic (exact) mass is 454 g/mol. The van der Waals surface area contributed by atoms with Gasteiger partial charge in [0.25, 0.3) is 0 Å². The summed E-state index contributed by atoms with van der Waals surface area (Å²) in [6, 6.07) is 11.5. The van der Waals surface area contributed by atoms with Gasteiger partial charge in [0.2, 0.25) is 11.8 Å². The van der Waals surface area contributed by atoms with E-state index in [1.54, 1.807) is 49.6 Å². The molecular weight excluding hydrogens is 431 g/mol. The van der Waals surface area contributed by atoms with Crippen molar-refractivity contribution in [1.82, 2.24) is 10.6 Å². The Labute approximate surface area is 185 Å². The zero-order chi connectivity index (χ0) is 22.1. The summed E-state index contributed by atoms with van der Waals surface area (Å²) in [5, 5.41) is 16.1. The van der Waals surface area contributed by atoms with E-state index in [0.29, 0.717) is 16.5 Å². The standard InChI is InChI=1S/C21H24Cl2N2O5/c1-13(26)25-18(14-6-8-16(29-2)9-7-14)10-20(28)24-11-15(27)12-30-19-5-3-4-17(22)21(19)23/h3-9,15,18,27H,10-12H2,1-2H3,(H,24,28)(H,25,26). The predicted molar refractivity (Wildman–Crippen MR) is 115 cm³/mol. The van der Waals surface area contributed by atoms with E-state index in [9.17, 15) is 14.7 Å². The van der Waals surface area contributed by atoms with Crippen LogP contribution in [-0.2, 0) is 9.59 Å². The number of halogens is 2. The van der Waals surface area contributed by atoms with Crippen LogP contribution in [0.4, 0.5) is 0 Å². The first-order chi connectivity index (χ1) is 14.3. The minimum absolute atomic E-state index is 0.0135. The van der Waals surface area contributed by atoms with E-state index < -0.39 is 12.1 Å². The lowest BCUT2D eigenvalue weighted by Gasteiger charge is -2.19. The Morgan fingerprint density at radius 2 is 1.83 bits per heavy atom. The molecule has 0 spiro atoms. The van der Waals surface area contributed by atoms with Crippen LogP contribution < -0.4 is 20.1 Å². The average molecular weight is 455 g/mol. The predicted octanol–water partition coefficient (Wildman–Crippen LogP) is 3.13. The van der Waals surface area contributed by atoms with Gasteiger partial charge in [-0.1, -0.05) is 41.4 Å². The van der Waals surface area contributed by atoms with Crippen molar-refractivity contribution in [3.63, 3.8) is 0 Å². The second kappa shape index (κ2) is 11.6. The number of aliphatic hydroxyl groups is 1. The summed E-state index contributed by atoms with van der Waals surface area (Å²) in [5.41, 5.74) is 0.764. The van der Waals surface area contributed by atoms with Crippen molar-refractivity contribution in [2.24, 2.45) is 0 Å². The maximum atomic E-state index is 12.3. The Kier molecular flexibility index (Phi) is 9.23. The van der Waals surface area contributed by atoms with Crippen LogP contribution >= 0.6 is 23.2 Å². The molecule has 0 radical (unpaired) electrons. The number of aliphatic hydroxyl groups excluding tert-OH is 1. The molecule has 2 atom stereocenters.